The van der Waals surface area contributed by atoms with E-state index in [4.69, 9.17) is 0 Å². The third kappa shape index (κ3) is 5.53. The van der Waals surface area contributed by atoms with Gasteiger partial charge in [0.15, 0.2) is 0 Å². The molecule has 1 fully saturated rings. The monoisotopic (exact) mass is 452 g/mol. The van der Waals surface area contributed by atoms with E-state index >= 15 is 0 Å². The predicted octanol–water partition coefficient (Wildman–Crippen LogP) is 4.84. The minimum Gasteiger partial charge on any atom is -0.371 e. The molecule has 2 aromatic carbocycles. The molecule has 1 aliphatic rings. The molecule has 1 atom stereocenters. The topological polar surface area (TPSA) is 57.3 Å². The van der Waals surface area contributed by atoms with E-state index in [0.29, 0.717) is 17.2 Å². The number of hydrogen-bond donors (Lipinski definition) is 2. The fraction of sp³-hybridized carbons (Fsp3) is 0.360. The minimum absolute atomic E-state index is 0.173. The number of anilines is 1. The molecule has 0 unspecified atom stereocenters. The van der Waals surface area contributed by atoms with E-state index in [-0.39, 0.29) is 24.3 Å². The fourth-order valence-electron chi connectivity index (χ4n) is 4.07. The molecule has 32 heavy (non-hydrogen) atoms. The lowest BCUT2D eigenvalue weighted by atomic mass is 10.0. The van der Waals surface area contributed by atoms with Crippen molar-refractivity contribution in [3.8, 4) is 0 Å². The number of amides is 1. The van der Waals surface area contributed by atoms with Crippen LogP contribution in [-0.2, 0) is 6.54 Å². The van der Waals surface area contributed by atoms with Crippen LogP contribution in [0.15, 0.2) is 53.9 Å². The normalized spacial score (nSPS) is 15.5. The number of halogens is 1. The highest BCUT2D eigenvalue weighted by Gasteiger charge is 2.22. The molecule has 1 aromatic heterocycles. The molecule has 168 valence electrons. The number of aryl methyl sites for hydroxylation is 1. The Labute approximate surface area is 192 Å². The molecule has 4 rings (SSSR count). The van der Waals surface area contributed by atoms with Gasteiger partial charge in [0, 0.05) is 53.9 Å². The molecule has 1 amide bonds. The van der Waals surface area contributed by atoms with Gasteiger partial charge in [0.2, 0.25) is 0 Å². The molecule has 1 saturated heterocycles. The van der Waals surface area contributed by atoms with Gasteiger partial charge in [0.25, 0.3) is 5.91 Å². The van der Waals surface area contributed by atoms with Gasteiger partial charge in [-0.2, -0.15) is 0 Å². The van der Waals surface area contributed by atoms with Gasteiger partial charge < -0.3 is 15.5 Å². The van der Waals surface area contributed by atoms with Crippen molar-refractivity contribution < 1.29 is 9.18 Å². The van der Waals surface area contributed by atoms with E-state index in [1.54, 1.807) is 29.5 Å². The van der Waals surface area contributed by atoms with Crippen molar-refractivity contribution in [2.75, 3.05) is 18.0 Å². The van der Waals surface area contributed by atoms with Gasteiger partial charge in [-0.25, -0.2) is 9.37 Å². The Morgan fingerprint density at radius 1 is 1.19 bits per heavy atom. The Bertz CT molecular complexity index is 1040. The summed E-state index contributed by atoms with van der Waals surface area (Å²) in [5, 5.41) is 9.74. The van der Waals surface area contributed by atoms with Crippen LogP contribution in [0.1, 0.15) is 52.4 Å². The summed E-state index contributed by atoms with van der Waals surface area (Å²) >= 11 is 1.69. The number of rotatable bonds is 7. The number of hydrogen-bond acceptors (Lipinski definition) is 5. The summed E-state index contributed by atoms with van der Waals surface area (Å²) in [7, 11) is 0. The first-order valence-electron chi connectivity index (χ1n) is 11.0. The van der Waals surface area contributed by atoms with Crippen LogP contribution in [0.3, 0.4) is 0 Å². The van der Waals surface area contributed by atoms with Gasteiger partial charge in [0.1, 0.15) is 5.82 Å². The van der Waals surface area contributed by atoms with Crippen LogP contribution in [0.4, 0.5) is 10.1 Å². The third-order valence-corrected chi connectivity index (χ3v) is 6.74. The van der Waals surface area contributed by atoms with Gasteiger partial charge in [0.05, 0.1) is 10.7 Å². The summed E-state index contributed by atoms with van der Waals surface area (Å²) in [5.41, 5.74) is 3.30. The first-order chi connectivity index (χ1) is 15.5. The second-order valence-corrected chi connectivity index (χ2v) is 9.32. The summed E-state index contributed by atoms with van der Waals surface area (Å²) in [4.78, 5) is 19.4. The Kier molecular flexibility index (Phi) is 7.17. The molecular formula is C25H29FN4OS. The van der Waals surface area contributed by atoms with Crippen molar-refractivity contribution in [1.82, 2.24) is 15.6 Å². The molecular weight excluding hydrogens is 423 g/mol. The van der Waals surface area contributed by atoms with E-state index in [1.807, 2.05) is 31.2 Å². The molecule has 2 heterocycles. The highest BCUT2D eigenvalue weighted by molar-refractivity contribution is 7.09. The zero-order valence-corrected chi connectivity index (χ0v) is 19.3. The molecule has 0 bridgehead atoms. The molecule has 0 aliphatic carbocycles. The zero-order valence-electron chi connectivity index (χ0n) is 18.5. The third-order valence-electron chi connectivity index (χ3n) is 5.95. The average Bonchev–Trinajstić information content (AvgIpc) is 3.25. The standard InChI is InChI=1S/C25H29FN4OS/c1-17(24-16-32-18(2)29-24)28-21-11-13-30(14-12-21)22-9-7-19(8-10-22)25(31)27-15-20-5-3-4-6-23(20)26/h3-10,16-17,21,28H,11-15H2,1-2H3,(H,27,31)/t17-/m0/s1. The Balaban J connectivity index is 1.26. The van der Waals surface area contributed by atoms with Gasteiger partial charge in [-0.3, -0.25) is 4.79 Å². The first-order valence-corrected chi connectivity index (χ1v) is 11.9. The van der Waals surface area contributed by atoms with E-state index in [1.165, 1.54) is 6.07 Å². The number of thiazole rings is 1. The average molecular weight is 453 g/mol. The smallest absolute Gasteiger partial charge is 0.251 e. The molecule has 2 N–H and O–H groups in total. The molecule has 0 radical (unpaired) electrons. The number of benzene rings is 2. The summed E-state index contributed by atoms with van der Waals surface area (Å²) in [6.07, 6.45) is 2.14. The highest BCUT2D eigenvalue weighted by atomic mass is 32.1. The van der Waals surface area contributed by atoms with E-state index in [9.17, 15) is 9.18 Å². The van der Waals surface area contributed by atoms with E-state index in [2.05, 4.69) is 32.8 Å². The Morgan fingerprint density at radius 3 is 2.56 bits per heavy atom. The summed E-state index contributed by atoms with van der Waals surface area (Å²) < 4.78 is 13.7. The van der Waals surface area contributed by atoms with Crippen LogP contribution < -0.4 is 15.5 Å². The van der Waals surface area contributed by atoms with Crippen molar-refractivity contribution in [3.63, 3.8) is 0 Å². The van der Waals surface area contributed by atoms with Crippen LogP contribution in [-0.4, -0.2) is 30.0 Å². The van der Waals surface area contributed by atoms with Crippen LogP contribution in [0.25, 0.3) is 0 Å². The number of carbonyl (C=O) groups excluding carboxylic acids is 1. The zero-order chi connectivity index (χ0) is 22.5. The second-order valence-electron chi connectivity index (χ2n) is 8.26. The number of nitrogens with zero attached hydrogens (tertiary/aromatic N) is 2. The maximum Gasteiger partial charge on any atom is 0.251 e. The van der Waals surface area contributed by atoms with E-state index < -0.39 is 0 Å². The first kappa shape index (κ1) is 22.4. The maximum atomic E-state index is 13.7. The van der Waals surface area contributed by atoms with Crippen LogP contribution in [0.5, 0.6) is 0 Å². The number of aromatic nitrogens is 1. The van der Waals surface area contributed by atoms with E-state index in [0.717, 1.165) is 42.3 Å². The Hall–Kier alpha value is -2.77. The second kappa shape index (κ2) is 10.2. The number of piperidine rings is 1. The van der Waals surface area contributed by atoms with Crippen molar-refractivity contribution in [3.05, 3.63) is 81.6 Å². The molecule has 3 aromatic rings. The fourth-order valence-corrected chi connectivity index (χ4v) is 4.77. The lowest BCUT2D eigenvalue weighted by molar-refractivity contribution is 0.0950. The quantitative estimate of drug-likeness (QED) is 0.539. The van der Waals surface area contributed by atoms with Gasteiger partial charge in [-0.05, 0) is 57.0 Å². The molecule has 5 nitrogen and oxygen atoms in total. The molecule has 7 heteroatoms. The molecule has 0 spiro atoms. The van der Waals surface area contributed by atoms with Gasteiger partial charge >= 0.3 is 0 Å². The SMILES string of the molecule is Cc1nc([C@H](C)NC2CCN(c3ccc(C(=O)NCc4ccccc4F)cc3)CC2)cs1. The van der Waals surface area contributed by atoms with Crippen LogP contribution >= 0.6 is 11.3 Å². The van der Waals surface area contributed by atoms with Gasteiger partial charge in [-0.15, -0.1) is 11.3 Å². The predicted molar refractivity (Wildman–Crippen MR) is 128 cm³/mol. The number of carbonyl (C=O) groups is 1. The Morgan fingerprint density at radius 2 is 1.91 bits per heavy atom. The van der Waals surface area contributed by atoms with Crippen LogP contribution in [0, 0.1) is 12.7 Å². The summed E-state index contributed by atoms with van der Waals surface area (Å²) in [6, 6.07) is 14.9. The van der Waals surface area contributed by atoms with Crippen molar-refractivity contribution >= 4 is 22.9 Å². The molecule has 0 saturated carbocycles. The molecule has 1 aliphatic heterocycles. The van der Waals surface area contributed by atoms with Gasteiger partial charge in [-0.1, -0.05) is 18.2 Å². The largest absolute Gasteiger partial charge is 0.371 e. The maximum absolute atomic E-state index is 13.7. The lowest BCUT2D eigenvalue weighted by Gasteiger charge is -2.35. The summed E-state index contributed by atoms with van der Waals surface area (Å²) in [6.45, 7) is 6.33. The summed E-state index contributed by atoms with van der Waals surface area (Å²) in [5.74, 6) is -0.508. The van der Waals surface area contributed by atoms with Crippen molar-refractivity contribution in [1.29, 1.82) is 0 Å². The van der Waals surface area contributed by atoms with Crippen molar-refractivity contribution in [2.45, 2.75) is 45.3 Å². The lowest BCUT2D eigenvalue weighted by Crippen LogP contribution is -2.43. The van der Waals surface area contributed by atoms with Crippen molar-refractivity contribution in [2.24, 2.45) is 0 Å². The van der Waals surface area contributed by atoms with Crippen LogP contribution in [0.2, 0.25) is 0 Å². The minimum atomic E-state index is -0.308. The number of nitrogens with one attached hydrogen (secondary N) is 2. The highest BCUT2D eigenvalue weighted by Crippen LogP contribution is 2.23.